The summed E-state index contributed by atoms with van der Waals surface area (Å²) < 4.78 is 31.5. The molecule has 182 valence electrons. The number of furan rings is 1. The normalized spacial score (nSPS) is 18.8. The summed E-state index contributed by atoms with van der Waals surface area (Å²) >= 11 is 0. The van der Waals surface area contributed by atoms with Crippen LogP contribution in [0.1, 0.15) is 23.4 Å². The number of benzene rings is 1. The van der Waals surface area contributed by atoms with Gasteiger partial charge in [0.15, 0.2) is 11.3 Å². The summed E-state index contributed by atoms with van der Waals surface area (Å²) in [4.78, 5) is 21.7. The average molecular weight is 481 g/mol. The highest BCUT2D eigenvalue weighted by molar-refractivity contribution is 6.06. The van der Waals surface area contributed by atoms with Gasteiger partial charge in [0.2, 0.25) is 0 Å². The lowest BCUT2D eigenvalue weighted by atomic mass is 10.1. The summed E-state index contributed by atoms with van der Waals surface area (Å²) in [5.41, 5.74) is 3.16. The van der Waals surface area contributed by atoms with E-state index in [9.17, 15) is 9.18 Å². The molecule has 1 atom stereocenters. The molecule has 1 amide bonds. The molecule has 2 saturated heterocycles. The van der Waals surface area contributed by atoms with Crippen molar-refractivity contribution in [1.82, 2.24) is 15.2 Å². The van der Waals surface area contributed by atoms with Crippen LogP contribution in [0.2, 0.25) is 0 Å². The van der Waals surface area contributed by atoms with Gasteiger partial charge in [-0.25, -0.2) is 4.39 Å². The van der Waals surface area contributed by atoms with Gasteiger partial charge < -0.3 is 28.7 Å². The molecule has 0 spiro atoms. The molecule has 0 bridgehead atoms. The summed E-state index contributed by atoms with van der Waals surface area (Å²) in [6.45, 7) is 3.55. The van der Waals surface area contributed by atoms with E-state index in [4.69, 9.17) is 13.6 Å². The SMILES string of the molecule is O=C(Nc1cc2oc(N3CCOCC3)nc2cc1N1CCCC(F)C1)c1ccc(-c2cn[nH]c2)o1. The number of piperidine rings is 1. The quantitative estimate of drug-likeness (QED) is 0.443. The van der Waals surface area contributed by atoms with Crippen molar-refractivity contribution in [2.24, 2.45) is 0 Å². The van der Waals surface area contributed by atoms with Crippen LogP contribution in [0.5, 0.6) is 0 Å². The van der Waals surface area contributed by atoms with Gasteiger partial charge in [-0.05, 0) is 31.0 Å². The maximum absolute atomic E-state index is 14.3. The first-order valence-electron chi connectivity index (χ1n) is 11.7. The lowest BCUT2D eigenvalue weighted by molar-refractivity contribution is 0.0997. The number of amides is 1. The number of hydrogen-bond acceptors (Lipinski definition) is 8. The van der Waals surface area contributed by atoms with Crippen LogP contribution >= 0.6 is 0 Å². The maximum Gasteiger partial charge on any atom is 0.298 e. The number of alkyl halides is 1. The van der Waals surface area contributed by atoms with Gasteiger partial charge in [0.1, 0.15) is 17.4 Å². The molecule has 0 aliphatic carbocycles. The molecule has 2 N–H and O–H groups in total. The summed E-state index contributed by atoms with van der Waals surface area (Å²) in [7, 11) is 0. The van der Waals surface area contributed by atoms with Gasteiger partial charge in [-0.15, -0.1) is 0 Å². The van der Waals surface area contributed by atoms with E-state index in [0.29, 0.717) is 73.5 Å². The Kier molecular flexibility index (Phi) is 5.61. The molecule has 0 saturated carbocycles. The van der Waals surface area contributed by atoms with Crippen LogP contribution in [0.4, 0.5) is 21.8 Å². The first-order valence-corrected chi connectivity index (χ1v) is 11.7. The number of aromatic amines is 1. The molecule has 35 heavy (non-hydrogen) atoms. The molecule has 4 aromatic rings. The molecule has 5 heterocycles. The van der Waals surface area contributed by atoms with Crippen molar-refractivity contribution in [2.75, 3.05) is 54.5 Å². The fourth-order valence-electron chi connectivity index (χ4n) is 4.53. The number of ether oxygens (including phenoxy) is 1. The van der Waals surface area contributed by atoms with Gasteiger partial charge in [-0.3, -0.25) is 9.89 Å². The number of nitrogens with one attached hydrogen (secondary N) is 2. The van der Waals surface area contributed by atoms with Crippen molar-refractivity contribution in [2.45, 2.75) is 19.0 Å². The molecular weight excluding hydrogens is 455 g/mol. The average Bonchev–Trinajstić information content (AvgIpc) is 3.64. The molecule has 1 aromatic carbocycles. The standard InChI is InChI=1S/C24H25FN6O4/c25-16-2-1-5-31(14-16)19-10-18-22(35-24(29-18)30-6-8-33-9-7-30)11-17(19)28-23(32)21-4-3-20(34-21)15-12-26-27-13-15/h3-4,10-13,16H,1-2,5-9,14H2,(H,26,27)(H,28,32). The minimum absolute atomic E-state index is 0.154. The first kappa shape index (κ1) is 21.7. The third-order valence-corrected chi connectivity index (χ3v) is 6.34. The third-order valence-electron chi connectivity index (χ3n) is 6.34. The molecule has 2 fully saturated rings. The predicted octanol–water partition coefficient (Wildman–Crippen LogP) is 3.84. The number of H-pyrrole nitrogens is 1. The lowest BCUT2D eigenvalue weighted by Gasteiger charge is -2.32. The van der Waals surface area contributed by atoms with Gasteiger partial charge in [0.25, 0.3) is 11.9 Å². The molecule has 2 aliphatic rings. The zero-order valence-corrected chi connectivity index (χ0v) is 19.0. The topological polar surface area (TPSA) is 113 Å². The zero-order chi connectivity index (χ0) is 23.8. The predicted molar refractivity (Wildman–Crippen MR) is 128 cm³/mol. The van der Waals surface area contributed by atoms with E-state index in [1.165, 1.54) is 0 Å². The lowest BCUT2D eigenvalue weighted by Crippen LogP contribution is -2.37. The zero-order valence-electron chi connectivity index (χ0n) is 19.0. The number of oxazole rings is 1. The number of halogens is 1. The van der Waals surface area contributed by atoms with E-state index in [2.05, 4.69) is 20.5 Å². The smallest absolute Gasteiger partial charge is 0.298 e. The Labute approximate surface area is 200 Å². The minimum Gasteiger partial charge on any atom is -0.451 e. The Morgan fingerprint density at radius 2 is 2.03 bits per heavy atom. The Morgan fingerprint density at radius 3 is 2.83 bits per heavy atom. The van der Waals surface area contributed by atoms with E-state index in [1.54, 1.807) is 30.6 Å². The highest BCUT2D eigenvalue weighted by Gasteiger charge is 2.25. The molecule has 2 aliphatic heterocycles. The number of morpholine rings is 1. The molecule has 11 heteroatoms. The van der Waals surface area contributed by atoms with Crippen LogP contribution in [-0.2, 0) is 4.74 Å². The maximum atomic E-state index is 14.3. The minimum atomic E-state index is -0.924. The van der Waals surface area contributed by atoms with Crippen LogP contribution in [0.25, 0.3) is 22.4 Å². The van der Waals surface area contributed by atoms with Crippen molar-refractivity contribution in [1.29, 1.82) is 0 Å². The summed E-state index contributed by atoms with van der Waals surface area (Å²) in [6, 6.07) is 7.44. The number of hydrogen-bond donors (Lipinski definition) is 2. The number of carbonyl (C=O) groups is 1. The van der Waals surface area contributed by atoms with E-state index < -0.39 is 12.1 Å². The second-order valence-corrected chi connectivity index (χ2v) is 8.72. The largest absolute Gasteiger partial charge is 0.451 e. The van der Waals surface area contributed by atoms with E-state index in [1.807, 2.05) is 15.9 Å². The van der Waals surface area contributed by atoms with Crippen molar-refractivity contribution in [3.8, 4) is 11.3 Å². The van der Waals surface area contributed by atoms with Gasteiger partial charge in [0.05, 0.1) is 36.3 Å². The highest BCUT2D eigenvalue weighted by atomic mass is 19.1. The summed E-state index contributed by atoms with van der Waals surface area (Å²) in [6.07, 6.45) is 3.65. The van der Waals surface area contributed by atoms with E-state index in [-0.39, 0.29) is 12.3 Å². The number of anilines is 3. The van der Waals surface area contributed by atoms with Crippen LogP contribution in [0.3, 0.4) is 0 Å². The summed E-state index contributed by atoms with van der Waals surface area (Å²) in [5, 5.41) is 9.57. The number of carbonyl (C=O) groups excluding carboxylic acids is 1. The molecule has 3 aromatic heterocycles. The van der Waals surface area contributed by atoms with Crippen LogP contribution in [0, 0.1) is 0 Å². The molecule has 6 rings (SSSR count). The highest BCUT2D eigenvalue weighted by Crippen LogP contribution is 2.36. The molecule has 10 nitrogen and oxygen atoms in total. The Morgan fingerprint density at radius 1 is 1.14 bits per heavy atom. The van der Waals surface area contributed by atoms with Crippen molar-refractivity contribution in [3.05, 3.63) is 42.4 Å². The molecular formula is C24H25FN6O4. The monoisotopic (exact) mass is 480 g/mol. The van der Waals surface area contributed by atoms with Crippen LogP contribution < -0.4 is 15.1 Å². The second-order valence-electron chi connectivity index (χ2n) is 8.72. The van der Waals surface area contributed by atoms with E-state index >= 15 is 0 Å². The third kappa shape index (κ3) is 4.34. The Bertz CT molecular complexity index is 1330. The van der Waals surface area contributed by atoms with Crippen molar-refractivity contribution >= 4 is 34.4 Å². The Balaban J connectivity index is 1.33. The number of fused-ring (bicyclic) bond motifs is 1. The number of rotatable bonds is 5. The molecule has 0 radical (unpaired) electrons. The van der Waals surface area contributed by atoms with E-state index in [0.717, 1.165) is 12.0 Å². The summed E-state index contributed by atoms with van der Waals surface area (Å²) in [5.74, 6) is 0.268. The Hall–Kier alpha value is -3.86. The number of nitrogens with zero attached hydrogens (tertiary/aromatic N) is 4. The van der Waals surface area contributed by atoms with Gasteiger partial charge in [0, 0.05) is 38.4 Å². The fraction of sp³-hybridized carbons (Fsp3) is 0.375. The van der Waals surface area contributed by atoms with Crippen molar-refractivity contribution < 1.29 is 22.8 Å². The molecule has 1 unspecified atom stereocenters. The van der Waals surface area contributed by atoms with Crippen LogP contribution in [-0.4, -0.2) is 66.7 Å². The number of aromatic nitrogens is 3. The van der Waals surface area contributed by atoms with Crippen molar-refractivity contribution in [3.63, 3.8) is 0 Å². The van der Waals surface area contributed by atoms with Crippen LogP contribution in [0.15, 0.2) is 45.5 Å². The van der Waals surface area contributed by atoms with Gasteiger partial charge in [-0.1, -0.05) is 0 Å². The van der Waals surface area contributed by atoms with Gasteiger partial charge >= 0.3 is 0 Å². The second kappa shape index (κ2) is 9.06. The first-order chi connectivity index (χ1) is 17.1. The van der Waals surface area contributed by atoms with Gasteiger partial charge in [-0.2, -0.15) is 10.1 Å². The fourth-order valence-corrected chi connectivity index (χ4v) is 4.53.